The zero-order chi connectivity index (χ0) is 18.6. The Morgan fingerprint density at radius 3 is 2.72 bits per heavy atom. The van der Waals surface area contributed by atoms with Crippen molar-refractivity contribution in [1.29, 1.82) is 0 Å². The van der Waals surface area contributed by atoms with E-state index in [2.05, 4.69) is 21.0 Å². The number of halogens is 2. The molecule has 1 aromatic heterocycles. The van der Waals surface area contributed by atoms with Gasteiger partial charge in [-0.1, -0.05) is 29.8 Å². The zero-order valence-corrected chi connectivity index (χ0v) is 16.1. The molecule has 1 atom stereocenters. The lowest BCUT2D eigenvalue weighted by molar-refractivity contribution is 0.0527. The third-order valence-corrected chi connectivity index (χ3v) is 4.48. The number of aliphatic hydroxyl groups is 1. The lowest BCUT2D eigenvalue weighted by Gasteiger charge is -2.23. The topological polar surface area (TPSA) is 64.3 Å². The SMILES string of the molecule is CCOC(=O)c1cnn([C@@H](CCO)C(C)C)c1-c1ccc(Br)cc1F. The molecule has 1 aromatic carbocycles. The van der Waals surface area contributed by atoms with Crippen molar-refractivity contribution in [3.05, 3.63) is 40.2 Å². The monoisotopic (exact) mass is 412 g/mol. The number of nitrogens with zero attached hydrogens (tertiary/aromatic N) is 2. The molecule has 25 heavy (non-hydrogen) atoms. The van der Waals surface area contributed by atoms with Crippen molar-refractivity contribution >= 4 is 21.9 Å². The Morgan fingerprint density at radius 1 is 1.44 bits per heavy atom. The van der Waals surface area contributed by atoms with Crippen LogP contribution < -0.4 is 0 Å². The van der Waals surface area contributed by atoms with Crippen molar-refractivity contribution in [1.82, 2.24) is 9.78 Å². The number of carbonyl (C=O) groups excluding carboxylic acids is 1. The third-order valence-electron chi connectivity index (χ3n) is 3.99. The van der Waals surface area contributed by atoms with E-state index in [4.69, 9.17) is 4.74 Å². The number of aromatic nitrogens is 2. The van der Waals surface area contributed by atoms with Crippen LogP contribution in [0.1, 0.15) is 43.6 Å². The summed E-state index contributed by atoms with van der Waals surface area (Å²) in [6.45, 7) is 5.89. The average molecular weight is 413 g/mol. The van der Waals surface area contributed by atoms with Gasteiger partial charge in [0, 0.05) is 16.6 Å². The lowest BCUT2D eigenvalue weighted by atomic mass is 9.99. The van der Waals surface area contributed by atoms with Gasteiger partial charge in [-0.25, -0.2) is 9.18 Å². The largest absolute Gasteiger partial charge is 0.462 e. The molecule has 0 radical (unpaired) electrons. The molecule has 1 heterocycles. The van der Waals surface area contributed by atoms with E-state index in [1.165, 1.54) is 12.3 Å². The maximum absolute atomic E-state index is 14.6. The first-order valence-corrected chi connectivity index (χ1v) is 9.00. The maximum atomic E-state index is 14.6. The van der Waals surface area contributed by atoms with E-state index in [9.17, 15) is 14.3 Å². The molecule has 136 valence electrons. The summed E-state index contributed by atoms with van der Waals surface area (Å²) in [4.78, 5) is 12.3. The van der Waals surface area contributed by atoms with Crippen molar-refractivity contribution in [2.75, 3.05) is 13.2 Å². The molecule has 0 aliphatic carbocycles. The van der Waals surface area contributed by atoms with Gasteiger partial charge in [-0.05, 0) is 37.5 Å². The molecule has 2 rings (SSSR count). The predicted molar refractivity (Wildman–Crippen MR) is 96.9 cm³/mol. The van der Waals surface area contributed by atoms with Gasteiger partial charge in [-0.15, -0.1) is 0 Å². The van der Waals surface area contributed by atoms with E-state index in [1.54, 1.807) is 23.7 Å². The number of hydrogen-bond acceptors (Lipinski definition) is 4. The van der Waals surface area contributed by atoms with Gasteiger partial charge in [-0.3, -0.25) is 4.68 Å². The normalized spacial score (nSPS) is 12.4. The minimum atomic E-state index is -0.544. The van der Waals surface area contributed by atoms with E-state index >= 15 is 0 Å². The van der Waals surface area contributed by atoms with Crippen LogP contribution in [0.25, 0.3) is 11.3 Å². The minimum Gasteiger partial charge on any atom is -0.462 e. The summed E-state index contributed by atoms with van der Waals surface area (Å²) >= 11 is 3.24. The van der Waals surface area contributed by atoms with Crippen molar-refractivity contribution in [2.45, 2.75) is 33.2 Å². The molecule has 0 aliphatic rings. The Kier molecular flexibility index (Phi) is 6.72. The number of carbonyl (C=O) groups is 1. The number of esters is 1. The molecule has 5 nitrogen and oxygen atoms in total. The van der Waals surface area contributed by atoms with E-state index in [-0.39, 0.29) is 36.3 Å². The Hall–Kier alpha value is -1.73. The fraction of sp³-hybridized carbons (Fsp3) is 0.444. The molecule has 2 aromatic rings. The van der Waals surface area contributed by atoms with Crippen LogP contribution in [0.3, 0.4) is 0 Å². The lowest BCUT2D eigenvalue weighted by Crippen LogP contribution is -2.20. The Labute approximate surface area is 154 Å². The van der Waals surface area contributed by atoms with E-state index in [1.807, 2.05) is 13.8 Å². The first kappa shape index (κ1) is 19.6. The quantitative estimate of drug-likeness (QED) is 0.691. The first-order valence-electron chi connectivity index (χ1n) is 8.21. The number of aliphatic hydroxyl groups excluding tert-OH is 1. The number of hydrogen-bond donors (Lipinski definition) is 1. The minimum absolute atomic E-state index is 0.0281. The molecular weight excluding hydrogens is 391 g/mol. The highest BCUT2D eigenvalue weighted by Crippen LogP contribution is 2.33. The summed E-state index contributed by atoms with van der Waals surface area (Å²) in [7, 11) is 0. The van der Waals surface area contributed by atoms with Gasteiger partial charge in [0.15, 0.2) is 0 Å². The summed E-state index contributed by atoms with van der Waals surface area (Å²) in [6.07, 6.45) is 1.86. The molecule has 1 N–H and O–H groups in total. The van der Waals surface area contributed by atoms with Gasteiger partial charge in [0.1, 0.15) is 11.4 Å². The summed E-state index contributed by atoms with van der Waals surface area (Å²) in [5.74, 6) is -0.870. The Morgan fingerprint density at radius 2 is 2.16 bits per heavy atom. The zero-order valence-electron chi connectivity index (χ0n) is 14.5. The average Bonchev–Trinajstić information content (AvgIpc) is 2.97. The van der Waals surface area contributed by atoms with Crippen LogP contribution in [0.2, 0.25) is 0 Å². The van der Waals surface area contributed by atoms with Crippen LogP contribution in [-0.2, 0) is 4.74 Å². The van der Waals surface area contributed by atoms with E-state index in [0.29, 0.717) is 16.6 Å². The highest BCUT2D eigenvalue weighted by atomic mass is 79.9. The van der Waals surface area contributed by atoms with Gasteiger partial charge in [-0.2, -0.15) is 5.10 Å². The van der Waals surface area contributed by atoms with Crippen molar-refractivity contribution in [3.63, 3.8) is 0 Å². The van der Waals surface area contributed by atoms with Crippen molar-refractivity contribution in [2.24, 2.45) is 5.92 Å². The molecule has 0 bridgehead atoms. The Balaban J connectivity index is 2.67. The molecule has 0 saturated carbocycles. The fourth-order valence-electron chi connectivity index (χ4n) is 2.79. The fourth-order valence-corrected chi connectivity index (χ4v) is 3.13. The van der Waals surface area contributed by atoms with Crippen molar-refractivity contribution < 1.29 is 19.0 Å². The highest BCUT2D eigenvalue weighted by Gasteiger charge is 2.27. The van der Waals surface area contributed by atoms with Gasteiger partial charge in [0.05, 0.1) is 24.5 Å². The second kappa shape index (κ2) is 8.58. The second-order valence-corrected chi connectivity index (χ2v) is 6.94. The molecule has 0 aliphatic heterocycles. The second-order valence-electron chi connectivity index (χ2n) is 6.02. The third kappa shape index (κ3) is 4.27. The standard InChI is InChI=1S/C18H22BrFN2O3/c1-4-25-18(24)14-10-21-22(16(7-8-23)11(2)3)17(14)13-6-5-12(19)9-15(13)20/h5-6,9-11,16,23H,4,7-8H2,1-3H3/t16-/m0/s1. The van der Waals surface area contributed by atoms with Crippen LogP contribution in [0, 0.1) is 11.7 Å². The predicted octanol–water partition coefficient (Wildman–Crippen LogP) is 4.21. The first-order chi connectivity index (χ1) is 11.9. The van der Waals surface area contributed by atoms with Crippen LogP contribution in [0.5, 0.6) is 0 Å². The molecule has 0 spiro atoms. The van der Waals surface area contributed by atoms with Gasteiger partial charge < -0.3 is 9.84 Å². The summed E-state index contributed by atoms with van der Waals surface area (Å²) in [5.41, 5.74) is 0.856. The number of rotatable bonds is 7. The smallest absolute Gasteiger partial charge is 0.341 e. The highest BCUT2D eigenvalue weighted by molar-refractivity contribution is 9.10. The summed E-state index contributed by atoms with van der Waals surface area (Å²) in [5, 5.41) is 13.7. The molecule has 0 fully saturated rings. The number of ether oxygens (including phenoxy) is 1. The van der Waals surface area contributed by atoms with Crippen LogP contribution in [0.15, 0.2) is 28.9 Å². The van der Waals surface area contributed by atoms with Crippen LogP contribution >= 0.6 is 15.9 Å². The maximum Gasteiger partial charge on any atom is 0.341 e. The van der Waals surface area contributed by atoms with Crippen molar-refractivity contribution in [3.8, 4) is 11.3 Å². The molecule has 0 amide bonds. The molecule has 0 saturated heterocycles. The van der Waals surface area contributed by atoms with Gasteiger partial charge in [0.25, 0.3) is 0 Å². The summed E-state index contributed by atoms with van der Waals surface area (Å²) in [6, 6.07) is 4.48. The van der Waals surface area contributed by atoms with Crippen LogP contribution in [0.4, 0.5) is 4.39 Å². The molecular formula is C18H22BrFN2O3. The van der Waals surface area contributed by atoms with E-state index < -0.39 is 11.8 Å². The van der Waals surface area contributed by atoms with Gasteiger partial charge in [0.2, 0.25) is 0 Å². The summed E-state index contributed by atoms with van der Waals surface area (Å²) < 4.78 is 21.9. The van der Waals surface area contributed by atoms with Gasteiger partial charge >= 0.3 is 5.97 Å². The van der Waals surface area contributed by atoms with E-state index in [0.717, 1.165) is 0 Å². The van der Waals surface area contributed by atoms with Crippen LogP contribution in [-0.4, -0.2) is 34.1 Å². The molecule has 7 heteroatoms. The number of benzene rings is 1. The molecule has 0 unspecified atom stereocenters. The Bertz CT molecular complexity index is 746.